The van der Waals surface area contributed by atoms with E-state index in [0.717, 1.165) is 12.1 Å². The van der Waals surface area contributed by atoms with Gasteiger partial charge in [0.25, 0.3) is 0 Å². The fraction of sp³-hybridized carbons (Fsp3) is 0.250. The molecular formula is C8H6ClF4NO. The van der Waals surface area contributed by atoms with Crippen molar-refractivity contribution in [2.24, 2.45) is 0 Å². The molecule has 15 heavy (non-hydrogen) atoms. The number of hydrogen-bond acceptors (Lipinski definition) is 2. The summed E-state index contributed by atoms with van der Waals surface area (Å²) in [6, 6.07) is 1.90. The lowest BCUT2D eigenvalue weighted by molar-refractivity contribution is -0.274. The van der Waals surface area contributed by atoms with Gasteiger partial charge in [-0.15, -0.1) is 24.8 Å². The van der Waals surface area contributed by atoms with E-state index >= 15 is 0 Å². The topological polar surface area (TPSA) is 35.2 Å². The van der Waals surface area contributed by atoms with Gasteiger partial charge >= 0.3 is 6.36 Å². The van der Waals surface area contributed by atoms with E-state index in [1.165, 1.54) is 0 Å². The molecule has 0 heterocycles. The van der Waals surface area contributed by atoms with Crippen molar-refractivity contribution in [3.63, 3.8) is 0 Å². The number of benzene rings is 1. The van der Waals surface area contributed by atoms with Crippen LogP contribution in [-0.2, 0) is 5.88 Å². The highest BCUT2D eigenvalue weighted by Crippen LogP contribution is 2.31. The van der Waals surface area contributed by atoms with Gasteiger partial charge in [-0.3, -0.25) is 0 Å². The van der Waals surface area contributed by atoms with Gasteiger partial charge in [0.15, 0.2) is 5.82 Å². The maximum absolute atomic E-state index is 13.2. The quantitative estimate of drug-likeness (QED) is 0.492. The number of ether oxygens (including phenoxy) is 1. The lowest BCUT2D eigenvalue weighted by atomic mass is 10.2. The van der Waals surface area contributed by atoms with Crippen LogP contribution in [0.25, 0.3) is 0 Å². The summed E-state index contributed by atoms with van der Waals surface area (Å²) >= 11 is 5.30. The summed E-state index contributed by atoms with van der Waals surface area (Å²) in [6.45, 7) is 0. The molecular weight excluding hydrogens is 238 g/mol. The number of hydrogen-bond donors (Lipinski definition) is 1. The van der Waals surface area contributed by atoms with Gasteiger partial charge in [-0.1, -0.05) is 0 Å². The Bertz CT molecular complexity index is 366. The molecule has 0 saturated carbocycles. The van der Waals surface area contributed by atoms with Crippen LogP contribution in [0.15, 0.2) is 12.1 Å². The summed E-state index contributed by atoms with van der Waals surface area (Å²) in [5.41, 5.74) is 4.47. The minimum absolute atomic E-state index is 0.278. The fourth-order valence-corrected chi connectivity index (χ4v) is 1.22. The first-order chi connectivity index (χ1) is 6.85. The van der Waals surface area contributed by atoms with E-state index in [4.69, 9.17) is 17.3 Å². The second kappa shape index (κ2) is 4.14. The van der Waals surface area contributed by atoms with Crippen molar-refractivity contribution in [2.75, 3.05) is 5.73 Å². The molecule has 0 bridgehead atoms. The molecule has 84 valence electrons. The third-order valence-corrected chi connectivity index (χ3v) is 1.86. The Kier molecular flexibility index (Phi) is 3.28. The summed E-state index contributed by atoms with van der Waals surface area (Å²) in [5, 5.41) is 0. The van der Waals surface area contributed by atoms with E-state index in [1.54, 1.807) is 0 Å². The Morgan fingerprint density at radius 1 is 1.33 bits per heavy atom. The zero-order valence-corrected chi connectivity index (χ0v) is 7.99. The number of nitrogens with two attached hydrogens (primary N) is 1. The number of halogens is 5. The third-order valence-electron chi connectivity index (χ3n) is 1.59. The van der Waals surface area contributed by atoms with Crippen molar-refractivity contribution in [1.82, 2.24) is 0 Å². The average Bonchev–Trinajstić information content (AvgIpc) is 2.10. The lowest BCUT2D eigenvalue weighted by Crippen LogP contribution is -2.18. The predicted octanol–water partition coefficient (Wildman–Crippen LogP) is 3.05. The summed E-state index contributed by atoms with van der Waals surface area (Å²) in [5.74, 6) is -2.13. The van der Waals surface area contributed by atoms with Crippen LogP contribution in [0.5, 0.6) is 5.75 Å². The molecule has 1 aromatic rings. The molecule has 2 N–H and O–H groups in total. The molecule has 0 aromatic heterocycles. The van der Waals surface area contributed by atoms with E-state index in [2.05, 4.69) is 4.74 Å². The molecule has 0 unspecified atom stereocenters. The normalized spacial score (nSPS) is 11.5. The molecule has 7 heteroatoms. The molecule has 0 aliphatic carbocycles. The second-order valence-corrected chi connectivity index (χ2v) is 2.89. The van der Waals surface area contributed by atoms with Crippen LogP contribution >= 0.6 is 11.6 Å². The van der Waals surface area contributed by atoms with Crippen molar-refractivity contribution >= 4 is 17.3 Å². The minimum Gasteiger partial charge on any atom is -0.405 e. The highest BCUT2D eigenvalue weighted by molar-refractivity contribution is 6.17. The minimum atomic E-state index is -4.89. The molecule has 0 aliphatic heterocycles. The maximum Gasteiger partial charge on any atom is 0.573 e. The van der Waals surface area contributed by atoms with Crippen LogP contribution in [0.3, 0.4) is 0 Å². The van der Waals surface area contributed by atoms with Gasteiger partial charge in [-0.2, -0.15) is 0 Å². The Morgan fingerprint density at radius 3 is 2.40 bits per heavy atom. The van der Waals surface area contributed by atoms with E-state index in [9.17, 15) is 17.6 Å². The Morgan fingerprint density at radius 2 is 1.93 bits per heavy atom. The van der Waals surface area contributed by atoms with Crippen molar-refractivity contribution in [3.05, 3.63) is 23.5 Å². The van der Waals surface area contributed by atoms with Crippen LogP contribution < -0.4 is 10.5 Å². The van der Waals surface area contributed by atoms with Crippen molar-refractivity contribution in [1.29, 1.82) is 0 Å². The van der Waals surface area contributed by atoms with Gasteiger partial charge in [-0.05, 0) is 12.1 Å². The largest absolute Gasteiger partial charge is 0.573 e. The van der Waals surface area contributed by atoms with Gasteiger partial charge in [0.2, 0.25) is 0 Å². The second-order valence-electron chi connectivity index (χ2n) is 2.63. The zero-order chi connectivity index (χ0) is 11.6. The van der Waals surface area contributed by atoms with E-state index in [0.29, 0.717) is 0 Å². The van der Waals surface area contributed by atoms with E-state index < -0.39 is 29.4 Å². The van der Waals surface area contributed by atoms with Gasteiger partial charge < -0.3 is 10.5 Å². The van der Waals surface area contributed by atoms with Crippen molar-refractivity contribution < 1.29 is 22.3 Å². The van der Waals surface area contributed by atoms with E-state index in [-0.39, 0.29) is 5.69 Å². The standard InChI is InChI=1S/C8H6ClF4NO/c9-3-4-6(15-8(11,12)13)2-1-5(14)7(4)10/h1-2H,3,14H2. The molecule has 0 radical (unpaired) electrons. The molecule has 2 nitrogen and oxygen atoms in total. The Balaban J connectivity index is 3.14. The Hall–Kier alpha value is -1.17. The van der Waals surface area contributed by atoms with Crippen molar-refractivity contribution in [3.8, 4) is 5.75 Å². The van der Waals surface area contributed by atoms with E-state index in [1.807, 2.05) is 0 Å². The average molecular weight is 244 g/mol. The first-order valence-corrected chi connectivity index (χ1v) is 4.27. The number of rotatable bonds is 2. The molecule has 0 spiro atoms. The highest BCUT2D eigenvalue weighted by atomic mass is 35.5. The van der Waals surface area contributed by atoms with Crippen LogP contribution in [0.1, 0.15) is 5.56 Å². The first kappa shape index (κ1) is 11.9. The van der Waals surface area contributed by atoms with Gasteiger partial charge in [-0.25, -0.2) is 4.39 Å². The number of nitrogen functional groups attached to an aromatic ring is 1. The summed E-state index contributed by atoms with van der Waals surface area (Å²) in [6.07, 6.45) is -4.89. The molecule has 0 atom stereocenters. The fourth-order valence-electron chi connectivity index (χ4n) is 0.966. The molecule has 0 aliphatic rings. The van der Waals surface area contributed by atoms with Crippen molar-refractivity contribution in [2.45, 2.75) is 12.2 Å². The monoisotopic (exact) mass is 243 g/mol. The molecule has 1 rings (SSSR count). The number of alkyl halides is 4. The van der Waals surface area contributed by atoms with Gasteiger partial charge in [0.1, 0.15) is 5.75 Å². The van der Waals surface area contributed by atoms with Crippen LogP contribution in [0.4, 0.5) is 23.2 Å². The third kappa shape index (κ3) is 2.89. The molecule has 0 amide bonds. The molecule has 0 fully saturated rings. The smallest absolute Gasteiger partial charge is 0.405 e. The Labute approximate surface area is 87.6 Å². The predicted molar refractivity (Wildman–Crippen MR) is 47.1 cm³/mol. The summed E-state index contributed by atoms with van der Waals surface area (Å²) < 4.78 is 52.4. The molecule has 1 aromatic carbocycles. The van der Waals surface area contributed by atoms with Crippen LogP contribution in [-0.4, -0.2) is 6.36 Å². The SMILES string of the molecule is Nc1ccc(OC(F)(F)F)c(CCl)c1F. The summed E-state index contributed by atoms with van der Waals surface area (Å²) in [4.78, 5) is 0. The number of anilines is 1. The van der Waals surface area contributed by atoms with Gasteiger partial charge in [0.05, 0.1) is 11.6 Å². The molecule has 0 saturated heterocycles. The lowest BCUT2D eigenvalue weighted by Gasteiger charge is -2.13. The van der Waals surface area contributed by atoms with Gasteiger partial charge in [0, 0.05) is 5.56 Å². The summed E-state index contributed by atoms with van der Waals surface area (Å²) in [7, 11) is 0. The zero-order valence-electron chi connectivity index (χ0n) is 7.24. The highest BCUT2D eigenvalue weighted by Gasteiger charge is 2.32. The van der Waals surface area contributed by atoms with Crippen LogP contribution in [0.2, 0.25) is 0 Å². The first-order valence-electron chi connectivity index (χ1n) is 3.73. The maximum atomic E-state index is 13.2. The van der Waals surface area contributed by atoms with Crippen LogP contribution in [0, 0.1) is 5.82 Å².